The minimum atomic E-state index is -0.167. The van der Waals surface area contributed by atoms with Crippen LogP contribution in [0.15, 0.2) is 0 Å². The van der Waals surface area contributed by atoms with Gasteiger partial charge >= 0.3 is 0 Å². The molecular weight excluding hydrogens is 195 g/mol. The first-order valence-corrected chi connectivity index (χ1v) is 4.83. The molecule has 0 rings (SSSR count). The van der Waals surface area contributed by atoms with Gasteiger partial charge in [0.05, 0.1) is 0 Å². The Morgan fingerprint density at radius 1 is 0.917 bits per heavy atom. The van der Waals surface area contributed by atoms with Crippen LogP contribution < -0.4 is 0 Å². The molecule has 0 aliphatic carbocycles. The average Bonchev–Trinajstić information content (AvgIpc) is 1.88. The molecule has 0 aliphatic rings. The van der Waals surface area contributed by atoms with Gasteiger partial charge in [0.25, 0.3) is 0 Å². The van der Waals surface area contributed by atoms with Crippen LogP contribution in [0, 0.1) is 0 Å². The molecule has 0 aliphatic heterocycles. The summed E-state index contributed by atoms with van der Waals surface area (Å²) in [6, 6.07) is 0. The molecule has 0 fully saturated rings. The second kappa shape index (κ2) is 17.5. The van der Waals surface area contributed by atoms with Crippen LogP contribution in [-0.4, -0.2) is 11.2 Å². The molecule has 2 heteroatoms. The Morgan fingerprint density at radius 2 is 1.17 bits per heavy atom. The zero-order valence-electron chi connectivity index (χ0n) is 8.88. The molecule has 0 radical (unpaired) electrons. The Bertz CT molecular complexity index is 49.0. The van der Waals surface area contributed by atoms with Crippen molar-refractivity contribution >= 4 is 0 Å². The number of hydrogen-bond donors (Lipinski definition) is 1. The van der Waals surface area contributed by atoms with E-state index in [4.69, 9.17) is 5.11 Å². The Labute approximate surface area is 87.9 Å². The number of aliphatic hydroxyl groups excluding tert-OH is 1. The average molecular weight is 219 g/mol. The standard InChI is InChI=1S/C7H16.C3H8O.Ni/c1-3-5-7-6-4-2;1-3(2)4;/h3-7H2,1-2H3;3-4H,1-2H3;. The predicted octanol–water partition coefficient (Wildman–Crippen LogP) is 3.36. The van der Waals surface area contributed by atoms with E-state index in [0.29, 0.717) is 0 Å². The molecule has 1 N–H and O–H groups in total. The van der Waals surface area contributed by atoms with Crippen LogP contribution in [0.25, 0.3) is 0 Å². The molecule has 0 spiro atoms. The van der Waals surface area contributed by atoms with Gasteiger partial charge in [0.15, 0.2) is 0 Å². The second-order valence-electron chi connectivity index (χ2n) is 3.15. The van der Waals surface area contributed by atoms with Gasteiger partial charge in [-0.2, -0.15) is 0 Å². The predicted molar refractivity (Wildman–Crippen MR) is 51.8 cm³/mol. The van der Waals surface area contributed by atoms with Crippen LogP contribution in [0.2, 0.25) is 0 Å². The fourth-order valence-corrected chi connectivity index (χ4v) is 0.677. The molecule has 0 saturated heterocycles. The van der Waals surface area contributed by atoms with E-state index in [9.17, 15) is 0 Å². The van der Waals surface area contributed by atoms with Gasteiger partial charge in [-0.15, -0.1) is 0 Å². The maximum absolute atomic E-state index is 8.06. The smallest absolute Gasteiger partial charge is 0.0483 e. The van der Waals surface area contributed by atoms with Crippen LogP contribution in [-0.2, 0) is 16.5 Å². The normalized spacial score (nSPS) is 8.50. The molecule has 0 saturated carbocycles. The van der Waals surface area contributed by atoms with Crippen molar-refractivity contribution in [2.75, 3.05) is 0 Å². The Balaban J connectivity index is -0.000000142. The summed E-state index contributed by atoms with van der Waals surface area (Å²) in [7, 11) is 0. The minimum absolute atomic E-state index is 0. The first-order chi connectivity index (χ1) is 5.15. The summed E-state index contributed by atoms with van der Waals surface area (Å²) in [6.45, 7) is 7.94. The first kappa shape index (κ1) is 18.3. The van der Waals surface area contributed by atoms with Gasteiger partial charge in [-0.1, -0.05) is 46.0 Å². The summed E-state index contributed by atoms with van der Waals surface area (Å²) in [5.41, 5.74) is 0. The fourth-order valence-electron chi connectivity index (χ4n) is 0.677. The van der Waals surface area contributed by atoms with E-state index in [0.717, 1.165) is 0 Å². The van der Waals surface area contributed by atoms with Gasteiger partial charge in [0.2, 0.25) is 0 Å². The third-order valence-corrected chi connectivity index (χ3v) is 1.21. The Kier molecular flexibility index (Phi) is 26.7. The SMILES string of the molecule is CC(C)O.CCCCCCC.[Ni]. The molecule has 0 atom stereocenters. The third-order valence-electron chi connectivity index (χ3n) is 1.21. The van der Waals surface area contributed by atoms with E-state index in [1.807, 2.05) is 0 Å². The van der Waals surface area contributed by atoms with Crippen molar-refractivity contribution in [1.82, 2.24) is 0 Å². The third kappa shape index (κ3) is 47.1. The molecule has 0 amide bonds. The number of hydrogen-bond acceptors (Lipinski definition) is 1. The molecule has 0 aromatic rings. The van der Waals surface area contributed by atoms with Crippen LogP contribution in [0.5, 0.6) is 0 Å². The molecule has 1 nitrogen and oxygen atoms in total. The van der Waals surface area contributed by atoms with E-state index < -0.39 is 0 Å². The second-order valence-corrected chi connectivity index (χ2v) is 3.15. The minimum Gasteiger partial charge on any atom is -0.394 e. The van der Waals surface area contributed by atoms with Gasteiger partial charge in [-0.25, -0.2) is 0 Å². The van der Waals surface area contributed by atoms with Crippen molar-refractivity contribution in [2.45, 2.75) is 65.9 Å². The molecular formula is C10H24NiO. The zero-order valence-corrected chi connectivity index (χ0v) is 9.86. The maximum Gasteiger partial charge on any atom is 0.0483 e. The fraction of sp³-hybridized carbons (Fsp3) is 1.00. The van der Waals surface area contributed by atoms with Gasteiger partial charge < -0.3 is 5.11 Å². The molecule has 12 heavy (non-hydrogen) atoms. The summed E-state index contributed by atoms with van der Waals surface area (Å²) in [5.74, 6) is 0. The van der Waals surface area contributed by atoms with Gasteiger partial charge in [-0.05, 0) is 13.8 Å². The van der Waals surface area contributed by atoms with E-state index in [2.05, 4.69) is 13.8 Å². The van der Waals surface area contributed by atoms with Crippen molar-refractivity contribution in [2.24, 2.45) is 0 Å². The first-order valence-electron chi connectivity index (χ1n) is 4.83. The van der Waals surface area contributed by atoms with Gasteiger partial charge in [-0.3, -0.25) is 0 Å². The van der Waals surface area contributed by atoms with E-state index >= 15 is 0 Å². The molecule has 0 aromatic heterocycles. The Morgan fingerprint density at radius 3 is 1.33 bits per heavy atom. The van der Waals surface area contributed by atoms with Crippen LogP contribution in [0.4, 0.5) is 0 Å². The summed E-state index contributed by atoms with van der Waals surface area (Å²) >= 11 is 0. The number of aliphatic hydroxyl groups is 1. The molecule has 0 aromatic carbocycles. The quantitative estimate of drug-likeness (QED) is 0.567. The van der Waals surface area contributed by atoms with Gasteiger partial charge in [0, 0.05) is 22.6 Å². The van der Waals surface area contributed by atoms with Gasteiger partial charge in [0.1, 0.15) is 0 Å². The molecule has 80 valence electrons. The van der Waals surface area contributed by atoms with Crippen LogP contribution in [0.3, 0.4) is 0 Å². The topological polar surface area (TPSA) is 20.2 Å². The summed E-state index contributed by atoms with van der Waals surface area (Å²) in [4.78, 5) is 0. The van der Waals surface area contributed by atoms with Crippen LogP contribution >= 0.6 is 0 Å². The van der Waals surface area contributed by atoms with E-state index in [1.54, 1.807) is 13.8 Å². The summed E-state index contributed by atoms with van der Waals surface area (Å²) < 4.78 is 0. The number of unbranched alkanes of at least 4 members (excludes halogenated alkanes) is 4. The van der Waals surface area contributed by atoms with Crippen molar-refractivity contribution in [3.05, 3.63) is 0 Å². The van der Waals surface area contributed by atoms with E-state index in [1.165, 1.54) is 32.1 Å². The van der Waals surface area contributed by atoms with Crippen LogP contribution in [0.1, 0.15) is 59.8 Å². The van der Waals surface area contributed by atoms with Crippen molar-refractivity contribution in [3.63, 3.8) is 0 Å². The molecule has 0 bridgehead atoms. The van der Waals surface area contributed by atoms with E-state index in [-0.39, 0.29) is 22.6 Å². The number of rotatable bonds is 4. The molecule has 0 heterocycles. The van der Waals surface area contributed by atoms with Crippen molar-refractivity contribution in [1.29, 1.82) is 0 Å². The Hall–Kier alpha value is 0.454. The molecule has 0 unspecified atom stereocenters. The largest absolute Gasteiger partial charge is 0.394 e. The maximum atomic E-state index is 8.06. The van der Waals surface area contributed by atoms with Crippen molar-refractivity contribution in [3.8, 4) is 0 Å². The zero-order chi connectivity index (χ0) is 9.11. The summed E-state index contributed by atoms with van der Waals surface area (Å²) in [5, 5.41) is 8.06. The summed E-state index contributed by atoms with van der Waals surface area (Å²) in [6.07, 6.45) is 6.84. The van der Waals surface area contributed by atoms with Crippen molar-refractivity contribution < 1.29 is 21.6 Å². The monoisotopic (exact) mass is 218 g/mol.